The molecule has 0 atom stereocenters. The number of aromatic nitrogens is 3. The highest BCUT2D eigenvalue weighted by Gasteiger charge is 2.26. The SMILES string of the molecule is C=Cc1ccc(CN(c2ccc(OC)cc2)S(=O)(=O)c2ccc3nncn3c2)cc1. The third kappa shape index (κ3) is 3.77. The van der Waals surface area contributed by atoms with Crippen LogP contribution in [-0.4, -0.2) is 30.1 Å². The first-order valence-electron chi connectivity index (χ1n) is 9.19. The van der Waals surface area contributed by atoms with Crippen LogP contribution in [0.4, 0.5) is 5.69 Å². The van der Waals surface area contributed by atoms with Crippen molar-refractivity contribution in [2.45, 2.75) is 11.4 Å². The second-order valence-corrected chi connectivity index (χ2v) is 8.48. The van der Waals surface area contributed by atoms with Gasteiger partial charge in [-0.05, 0) is 47.5 Å². The van der Waals surface area contributed by atoms with Crippen molar-refractivity contribution in [1.82, 2.24) is 14.6 Å². The Bertz CT molecular complexity index is 1280. The summed E-state index contributed by atoms with van der Waals surface area (Å²) in [7, 11) is -2.29. The topological polar surface area (TPSA) is 76.8 Å². The summed E-state index contributed by atoms with van der Waals surface area (Å²) in [4.78, 5) is 0.147. The van der Waals surface area contributed by atoms with E-state index in [9.17, 15) is 8.42 Å². The molecule has 0 fully saturated rings. The van der Waals surface area contributed by atoms with Gasteiger partial charge >= 0.3 is 0 Å². The smallest absolute Gasteiger partial charge is 0.266 e. The predicted octanol–water partition coefficient (Wildman–Crippen LogP) is 3.78. The Morgan fingerprint density at radius 2 is 1.80 bits per heavy atom. The van der Waals surface area contributed by atoms with E-state index in [0.717, 1.165) is 11.1 Å². The predicted molar refractivity (Wildman–Crippen MR) is 116 cm³/mol. The number of anilines is 1. The zero-order valence-electron chi connectivity index (χ0n) is 16.3. The molecule has 0 N–H and O–H groups in total. The second kappa shape index (κ2) is 8.00. The molecule has 2 aromatic heterocycles. The largest absolute Gasteiger partial charge is 0.497 e. The van der Waals surface area contributed by atoms with Crippen LogP contribution in [0.25, 0.3) is 11.7 Å². The van der Waals surface area contributed by atoms with Crippen LogP contribution in [0.2, 0.25) is 0 Å². The quantitative estimate of drug-likeness (QED) is 0.455. The summed E-state index contributed by atoms with van der Waals surface area (Å²) in [6.45, 7) is 3.93. The minimum absolute atomic E-state index is 0.147. The van der Waals surface area contributed by atoms with Crippen LogP contribution >= 0.6 is 0 Å². The van der Waals surface area contributed by atoms with E-state index < -0.39 is 10.0 Å². The van der Waals surface area contributed by atoms with Crippen molar-refractivity contribution in [1.29, 1.82) is 0 Å². The molecule has 2 aromatic carbocycles. The van der Waals surface area contributed by atoms with Gasteiger partial charge in [-0.2, -0.15) is 0 Å². The molecule has 8 heteroatoms. The maximum atomic E-state index is 13.6. The van der Waals surface area contributed by atoms with Crippen molar-refractivity contribution in [2.24, 2.45) is 0 Å². The lowest BCUT2D eigenvalue weighted by molar-refractivity contribution is 0.415. The summed E-state index contributed by atoms with van der Waals surface area (Å²) in [5, 5.41) is 7.74. The third-order valence-electron chi connectivity index (χ3n) is 4.75. The van der Waals surface area contributed by atoms with Gasteiger partial charge < -0.3 is 4.74 Å². The molecule has 0 amide bonds. The van der Waals surface area contributed by atoms with Crippen LogP contribution in [0, 0.1) is 0 Å². The average Bonchev–Trinajstić information content (AvgIpc) is 3.26. The van der Waals surface area contributed by atoms with E-state index in [2.05, 4.69) is 16.8 Å². The van der Waals surface area contributed by atoms with Crippen molar-refractivity contribution in [3.63, 3.8) is 0 Å². The first-order chi connectivity index (χ1) is 14.5. The lowest BCUT2D eigenvalue weighted by Gasteiger charge is -2.25. The molecule has 0 saturated heterocycles. The van der Waals surface area contributed by atoms with Gasteiger partial charge in [0, 0.05) is 6.20 Å². The van der Waals surface area contributed by atoms with Crippen molar-refractivity contribution in [3.05, 3.63) is 90.9 Å². The molecule has 0 saturated carbocycles. The molecule has 7 nitrogen and oxygen atoms in total. The number of nitrogens with zero attached hydrogens (tertiary/aromatic N) is 4. The second-order valence-electron chi connectivity index (χ2n) is 6.62. The van der Waals surface area contributed by atoms with Crippen molar-refractivity contribution >= 4 is 27.4 Å². The van der Waals surface area contributed by atoms with E-state index in [1.807, 2.05) is 24.3 Å². The van der Waals surface area contributed by atoms with Crippen molar-refractivity contribution in [3.8, 4) is 5.75 Å². The summed E-state index contributed by atoms with van der Waals surface area (Å²) in [5.74, 6) is 0.650. The molecule has 0 bridgehead atoms. The van der Waals surface area contributed by atoms with Gasteiger partial charge in [-0.1, -0.05) is 36.9 Å². The molecule has 4 rings (SSSR count). The number of sulfonamides is 1. The molecule has 0 aliphatic heterocycles. The highest BCUT2D eigenvalue weighted by molar-refractivity contribution is 7.92. The van der Waals surface area contributed by atoms with Crippen LogP contribution in [0.5, 0.6) is 5.75 Å². The zero-order chi connectivity index (χ0) is 21.1. The zero-order valence-corrected chi connectivity index (χ0v) is 17.2. The highest BCUT2D eigenvalue weighted by Crippen LogP contribution is 2.28. The Hall–Kier alpha value is -3.65. The Morgan fingerprint density at radius 3 is 2.47 bits per heavy atom. The van der Waals surface area contributed by atoms with E-state index in [1.54, 1.807) is 47.9 Å². The number of benzene rings is 2. The van der Waals surface area contributed by atoms with Gasteiger partial charge in [0.05, 0.1) is 19.3 Å². The number of rotatable bonds is 7. The summed E-state index contributed by atoms with van der Waals surface area (Å²) < 4.78 is 35.4. The Morgan fingerprint density at radius 1 is 1.07 bits per heavy atom. The normalized spacial score (nSPS) is 11.4. The monoisotopic (exact) mass is 420 g/mol. The van der Waals surface area contributed by atoms with E-state index >= 15 is 0 Å². The summed E-state index contributed by atoms with van der Waals surface area (Å²) >= 11 is 0. The molecule has 0 aliphatic carbocycles. The molecular formula is C22H20N4O3S. The Labute approximate surface area is 174 Å². The first kappa shape index (κ1) is 19.7. The molecule has 2 heterocycles. The number of methoxy groups -OCH3 is 1. The molecular weight excluding hydrogens is 400 g/mol. The fraction of sp³-hybridized carbons (Fsp3) is 0.0909. The Balaban J connectivity index is 1.78. The van der Waals surface area contributed by atoms with Crippen molar-refractivity contribution < 1.29 is 13.2 Å². The van der Waals surface area contributed by atoms with Crippen LogP contribution in [-0.2, 0) is 16.6 Å². The van der Waals surface area contributed by atoms with Gasteiger partial charge in [0.1, 0.15) is 17.0 Å². The molecule has 0 spiro atoms. The molecule has 152 valence electrons. The molecule has 4 aromatic rings. The van der Waals surface area contributed by atoms with Gasteiger partial charge in [-0.15, -0.1) is 10.2 Å². The van der Waals surface area contributed by atoms with Gasteiger partial charge in [-0.3, -0.25) is 8.71 Å². The van der Waals surface area contributed by atoms with Crippen LogP contribution in [0.1, 0.15) is 11.1 Å². The minimum atomic E-state index is -3.86. The summed E-state index contributed by atoms with van der Waals surface area (Å²) in [5.41, 5.74) is 2.93. The summed E-state index contributed by atoms with van der Waals surface area (Å²) in [6, 6.07) is 17.7. The first-order valence-corrected chi connectivity index (χ1v) is 10.6. The number of pyridine rings is 1. The lowest BCUT2D eigenvalue weighted by Crippen LogP contribution is -2.30. The molecule has 30 heavy (non-hydrogen) atoms. The van der Waals surface area contributed by atoms with Gasteiger partial charge in [0.25, 0.3) is 10.0 Å². The van der Waals surface area contributed by atoms with Crippen LogP contribution < -0.4 is 9.04 Å². The van der Waals surface area contributed by atoms with Gasteiger partial charge in [0.15, 0.2) is 5.65 Å². The van der Waals surface area contributed by atoms with E-state index in [4.69, 9.17) is 4.74 Å². The summed E-state index contributed by atoms with van der Waals surface area (Å²) in [6.07, 6.45) is 4.73. The lowest BCUT2D eigenvalue weighted by atomic mass is 10.1. The third-order valence-corrected chi connectivity index (χ3v) is 6.51. The van der Waals surface area contributed by atoms with Crippen LogP contribution in [0.15, 0.2) is 84.7 Å². The van der Waals surface area contributed by atoms with Crippen LogP contribution in [0.3, 0.4) is 0 Å². The number of hydrogen-bond acceptors (Lipinski definition) is 5. The number of fused-ring (bicyclic) bond motifs is 1. The Kier molecular flexibility index (Phi) is 5.24. The average molecular weight is 420 g/mol. The highest BCUT2D eigenvalue weighted by atomic mass is 32.2. The molecule has 0 radical (unpaired) electrons. The standard InChI is InChI=1S/C22H20N4O3S/c1-3-17-4-6-18(7-5-17)14-26(19-8-10-20(29-2)11-9-19)30(27,28)21-12-13-22-24-23-16-25(22)15-21/h3-13,15-16H,1,14H2,2H3. The fourth-order valence-corrected chi connectivity index (χ4v) is 4.53. The van der Waals surface area contributed by atoms with Gasteiger partial charge in [-0.25, -0.2) is 8.42 Å². The maximum absolute atomic E-state index is 13.6. The van der Waals surface area contributed by atoms with Gasteiger partial charge in [0.2, 0.25) is 0 Å². The molecule has 0 aliphatic rings. The maximum Gasteiger partial charge on any atom is 0.266 e. The number of hydrogen-bond donors (Lipinski definition) is 0. The van der Waals surface area contributed by atoms with Crippen molar-refractivity contribution in [2.75, 3.05) is 11.4 Å². The minimum Gasteiger partial charge on any atom is -0.497 e. The fourth-order valence-electron chi connectivity index (χ4n) is 3.08. The van der Waals surface area contributed by atoms with E-state index in [0.29, 0.717) is 17.1 Å². The van der Waals surface area contributed by atoms with E-state index in [-0.39, 0.29) is 11.4 Å². The molecule has 0 unspecified atom stereocenters. The number of ether oxygens (including phenoxy) is 1. The van der Waals surface area contributed by atoms with E-state index in [1.165, 1.54) is 22.9 Å².